The summed E-state index contributed by atoms with van der Waals surface area (Å²) in [7, 11) is -0.567. The van der Waals surface area contributed by atoms with Crippen molar-refractivity contribution in [1.82, 2.24) is 10.2 Å². The third-order valence-electron chi connectivity index (χ3n) is 9.49. The molecule has 3 atom stereocenters. The molecule has 3 aromatic carbocycles. The number of nitrogens with zero attached hydrogens (tertiary/aromatic N) is 1. The number of ether oxygens (including phenoxy) is 1. The van der Waals surface area contributed by atoms with Gasteiger partial charge >= 0.3 is 6.09 Å². The number of nitrogens with one attached hydrogen (secondary N) is 1. The summed E-state index contributed by atoms with van der Waals surface area (Å²) < 4.78 is 27.5. The van der Waals surface area contributed by atoms with E-state index in [-0.39, 0.29) is 22.3 Å². The Morgan fingerprint density at radius 3 is 2.43 bits per heavy atom. The van der Waals surface area contributed by atoms with Crippen molar-refractivity contribution in [3.05, 3.63) is 94.8 Å². The van der Waals surface area contributed by atoms with Crippen molar-refractivity contribution in [1.29, 1.82) is 0 Å². The third kappa shape index (κ3) is 8.12. The number of hydrogen-bond donors (Lipinski definition) is 2. The van der Waals surface area contributed by atoms with E-state index >= 15 is 4.39 Å². The topological polar surface area (TPSA) is 88.1 Å². The summed E-state index contributed by atoms with van der Waals surface area (Å²) in [4.78, 5) is 27.7. The van der Waals surface area contributed by atoms with E-state index in [1.165, 1.54) is 6.07 Å². The van der Waals surface area contributed by atoms with Gasteiger partial charge in [-0.05, 0) is 72.8 Å². The predicted molar refractivity (Wildman–Crippen MR) is 184 cm³/mol. The van der Waals surface area contributed by atoms with Crippen molar-refractivity contribution in [2.45, 2.75) is 83.2 Å². The molecule has 7 nitrogen and oxygen atoms in total. The highest BCUT2D eigenvalue weighted by Crippen LogP contribution is 2.40. The number of hydrogen-bond acceptors (Lipinski definition) is 5. The Labute approximate surface area is 274 Å². The van der Waals surface area contributed by atoms with E-state index in [4.69, 9.17) is 9.16 Å². The normalized spacial score (nSPS) is 17.6. The quantitative estimate of drug-likeness (QED) is 0.152. The first-order valence-electron chi connectivity index (χ1n) is 16.1. The molecule has 1 aliphatic heterocycles. The number of rotatable bonds is 12. The number of aryl methyl sites for hydroxylation is 1. The van der Waals surface area contributed by atoms with E-state index in [1.807, 2.05) is 43.3 Å². The minimum absolute atomic E-state index is 0.0704. The molecule has 248 valence electrons. The molecular formula is C37H49FN2O5Si. The van der Waals surface area contributed by atoms with E-state index in [1.54, 1.807) is 31.4 Å². The minimum Gasteiger partial charge on any atom is -0.465 e. The summed E-state index contributed by atoms with van der Waals surface area (Å²) in [5.41, 5.74) is 4.28. The molecule has 0 bridgehead atoms. The van der Waals surface area contributed by atoms with Crippen molar-refractivity contribution < 1.29 is 28.2 Å². The van der Waals surface area contributed by atoms with Gasteiger partial charge < -0.3 is 19.6 Å². The van der Waals surface area contributed by atoms with Gasteiger partial charge in [0, 0.05) is 43.9 Å². The zero-order chi connectivity index (χ0) is 33.6. The zero-order valence-electron chi connectivity index (χ0n) is 28.2. The Hall–Kier alpha value is -3.37. The summed E-state index contributed by atoms with van der Waals surface area (Å²) >= 11 is 0. The lowest BCUT2D eigenvalue weighted by Gasteiger charge is -2.40. The second kappa shape index (κ2) is 15.0. The van der Waals surface area contributed by atoms with E-state index < -0.39 is 32.5 Å². The molecule has 2 N–H and O–H groups in total. The van der Waals surface area contributed by atoms with Crippen LogP contribution in [0.1, 0.15) is 73.0 Å². The van der Waals surface area contributed by atoms with Gasteiger partial charge in [0.2, 0.25) is 0 Å². The smallest absolute Gasteiger partial charge is 0.414 e. The zero-order valence-corrected chi connectivity index (χ0v) is 29.2. The van der Waals surface area contributed by atoms with Crippen LogP contribution in [0.25, 0.3) is 11.1 Å². The largest absolute Gasteiger partial charge is 0.465 e. The Morgan fingerprint density at radius 2 is 1.76 bits per heavy atom. The van der Waals surface area contributed by atoms with Crippen LogP contribution < -0.4 is 5.32 Å². The van der Waals surface area contributed by atoms with Crippen molar-refractivity contribution in [3.63, 3.8) is 0 Å². The van der Waals surface area contributed by atoms with Crippen LogP contribution in [0.2, 0.25) is 18.1 Å². The first-order valence-corrected chi connectivity index (χ1v) is 19.1. The average molecular weight is 649 g/mol. The Morgan fingerprint density at radius 1 is 1.04 bits per heavy atom. The number of unbranched alkanes of at least 4 members (excludes halogenated alkanes) is 1. The number of methoxy groups -OCH3 is 1. The first kappa shape index (κ1) is 35.5. The molecule has 0 aromatic heterocycles. The van der Waals surface area contributed by atoms with Crippen LogP contribution in [-0.4, -0.2) is 69.3 Å². The highest BCUT2D eigenvalue weighted by atomic mass is 28.4. The van der Waals surface area contributed by atoms with Crippen LogP contribution in [0, 0.1) is 12.7 Å². The lowest BCUT2D eigenvalue weighted by molar-refractivity contribution is 0.0525. The van der Waals surface area contributed by atoms with Gasteiger partial charge in [0.25, 0.3) is 5.91 Å². The van der Waals surface area contributed by atoms with Crippen LogP contribution in [0.15, 0.2) is 66.7 Å². The van der Waals surface area contributed by atoms with Gasteiger partial charge in [-0.2, -0.15) is 0 Å². The molecule has 9 heteroatoms. The summed E-state index contributed by atoms with van der Waals surface area (Å²) in [6, 6.07) is 19.4. The van der Waals surface area contributed by atoms with Crippen molar-refractivity contribution in [2.24, 2.45) is 0 Å². The lowest BCUT2D eigenvalue weighted by Crippen LogP contribution is -2.54. The highest BCUT2D eigenvalue weighted by molar-refractivity contribution is 6.74. The fourth-order valence-electron chi connectivity index (χ4n) is 6.01. The average Bonchev–Trinajstić information content (AvgIpc) is 3.43. The van der Waals surface area contributed by atoms with Crippen LogP contribution in [-0.2, 0) is 9.16 Å². The number of amides is 2. The van der Waals surface area contributed by atoms with Gasteiger partial charge in [0.1, 0.15) is 5.82 Å². The highest BCUT2D eigenvalue weighted by Gasteiger charge is 2.45. The molecule has 3 aromatic rings. The van der Waals surface area contributed by atoms with Crippen molar-refractivity contribution >= 4 is 20.3 Å². The molecule has 1 heterocycles. The van der Waals surface area contributed by atoms with E-state index in [2.05, 4.69) is 39.2 Å². The molecule has 1 saturated heterocycles. The Bertz CT molecular complexity index is 1520. The SMILES string of the molecule is COCCCCC(c1cccc(C(=O)N(C(=O)O)[C@@H]2CNC[C@@H]2O[Si](C)(C)C(C)(C)C)c1)c1cccc(F)c1-c1cccc(C)c1. The summed E-state index contributed by atoms with van der Waals surface area (Å²) in [5, 5.41) is 13.5. The van der Waals surface area contributed by atoms with Crippen LogP contribution in [0.3, 0.4) is 0 Å². The van der Waals surface area contributed by atoms with Crippen molar-refractivity contribution in [2.75, 3.05) is 26.8 Å². The molecule has 0 radical (unpaired) electrons. The predicted octanol–water partition coefficient (Wildman–Crippen LogP) is 8.23. The minimum atomic E-state index is -2.24. The van der Waals surface area contributed by atoms with Gasteiger partial charge in [0.05, 0.1) is 12.1 Å². The standard InChI is InChI=1S/C37H49FN2O5Si/c1-25-13-10-15-27(21-25)34-30(18-12-19-31(34)38)29(17-8-9-20-44-5)26-14-11-16-28(22-26)35(41)40(36(42)43)32-23-39-24-33(32)45-46(6,7)37(2,3)4/h10-16,18-19,21-22,29,32-33,39H,8-9,17,20,23-24H2,1-7H3,(H,42,43)/t29?,32-,33+/m1/s1. The molecule has 0 saturated carbocycles. The van der Waals surface area contributed by atoms with Gasteiger partial charge in [-0.15, -0.1) is 0 Å². The Balaban J connectivity index is 1.73. The summed E-state index contributed by atoms with van der Waals surface area (Å²) in [5.74, 6) is -1.14. The summed E-state index contributed by atoms with van der Waals surface area (Å²) in [6.07, 6.45) is 0.596. The molecule has 4 rings (SSSR count). The third-order valence-corrected chi connectivity index (χ3v) is 14.0. The van der Waals surface area contributed by atoms with E-state index in [0.29, 0.717) is 31.7 Å². The number of imide groups is 1. The van der Waals surface area contributed by atoms with Crippen LogP contribution in [0.4, 0.5) is 9.18 Å². The maximum Gasteiger partial charge on any atom is 0.414 e. The fraction of sp³-hybridized carbons (Fsp3) is 0.459. The number of carbonyl (C=O) groups is 2. The molecule has 0 spiro atoms. The van der Waals surface area contributed by atoms with Crippen LogP contribution in [0.5, 0.6) is 0 Å². The second-order valence-electron chi connectivity index (χ2n) is 13.8. The van der Waals surface area contributed by atoms with Gasteiger partial charge in [0.15, 0.2) is 8.32 Å². The Kier molecular flexibility index (Phi) is 11.6. The molecule has 1 unspecified atom stereocenters. The number of halogens is 1. The van der Waals surface area contributed by atoms with Gasteiger partial charge in [-0.25, -0.2) is 14.1 Å². The van der Waals surface area contributed by atoms with E-state index in [9.17, 15) is 14.7 Å². The van der Waals surface area contributed by atoms with Crippen molar-refractivity contribution in [3.8, 4) is 11.1 Å². The molecule has 1 aliphatic rings. The number of benzene rings is 3. The molecule has 2 amide bonds. The maximum atomic E-state index is 15.6. The van der Waals surface area contributed by atoms with Gasteiger partial charge in [-0.1, -0.05) is 81.3 Å². The number of carboxylic acid groups (broad SMARTS) is 1. The summed E-state index contributed by atoms with van der Waals surface area (Å²) in [6.45, 7) is 14.1. The lowest BCUT2D eigenvalue weighted by atomic mass is 9.82. The molecular weight excluding hydrogens is 600 g/mol. The van der Waals surface area contributed by atoms with Crippen LogP contribution >= 0.6 is 0 Å². The molecule has 1 fully saturated rings. The fourth-order valence-corrected chi connectivity index (χ4v) is 7.36. The molecule has 46 heavy (non-hydrogen) atoms. The van der Waals surface area contributed by atoms with Gasteiger partial charge in [-0.3, -0.25) is 4.79 Å². The monoisotopic (exact) mass is 648 g/mol. The second-order valence-corrected chi connectivity index (χ2v) is 18.6. The number of carbonyl (C=O) groups excluding carboxylic acids is 1. The maximum absolute atomic E-state index is 15.6. The van der Waals surface area contributed by atoms with E-state index in [0.717, 1.165) is 40.0 Å². The first-order chi connectivity index (χ1) is 21.7. The molecule has 0 aliphatic carbocycles.